The van der Waals surface area contributed by atoms with E-state index in [1.807, 2.05) is 12.1 Å². The molecule has 6 rings (SSSR count). The number of carbonyl (C=O) groups is 1. The molecule has 2 saturated heterocycles. The molecule has 1 amide bonds. The van der Waals surface area contributed by atoms with Crippen LogP contribution >= 0.6 is 0 Å². The number of hydrogen-bond acceptors (Lipinski definition) is 4. The molecule has 10 heteroatoms. The first-order valence-electron chi connectivity index (χ1n) is 14.0. The number of nitrogens with zero attached hydrogens (tertiary/aromatic N) is 2. The lowest BCUT2D eigenvalue weighted by Crippen LogP contribution is -2.59. The summed E-state index contributed by atoms with van der Waals surface area (Å²) in [7, 11) is 0. The number of piperidine rings is 1. The van der Waals surface area contributed by atoms with E-state index >= 15 is 0 Å². The van der Waals surface area contributed by atoms with Crippen LogP contribution in [0, 0.1) is 24.5 Å². The monoisotopic (exact) mass is 564 g/mol. The van der Waals surface area contributed by atoms with Gasteiger partial charge in [0.15, 0.2) is 18.3 Å². The third kappa shape index (κ3) is 5.09. The lowest BCUT2D eigenvalue weighted by atomic mass is 9.84. The zero-order chi connectivity index (χ0) is 28.2. The van der Waals surface area contributed by atoms with Gasteiger partial charge in [0.25, 0.3) is 5.91 Å². The molecular formula is C30H33F5N2O3. The molecule has 2 aromatic carbocycles. The van der Waals surface area contributed by atoms with Gasteiger partial charge >= 0.3 is 6.18 Å². The van der Waals surface area contributed by atoms with Crippen LogP contribution in [0.3, 0.4) is 0 Å². The molecule has 1 saturated carbocycles. The summed E-state index contributed by atoms with van der Waals surface area (Å²) in [5.74, 6) is -1.34. The fraction of sp³-hybridized carbons (Fsp3) is 0.567. The number of benzene rings is 2. The molecular weight excluding hydrogens is 531 g/mol. The Kier molecular flexibility index (Phi) is 7.05. The highest BCUT2D eigenvalue weighted by molar-refractivity contribution is 5.86. The summed E-state index contributed by atoms with van der Waals surface area (Å²) in [5, 5.41) is 0. The van der Waals surface area contributed by atoms with Gasteiger partial charge in [0.2, 0.25) is 0 Å². The molecule has 0 N–H and O–H groups in total. The molecule has 0 aromatic heterocycles. The van der Waals surface area contributed by atoms with E-state index < -0.39 is 23.2 Å². The van der Waals surface area contributed by atoms with E-state index in [1.165, 1.54) is 16.5 Å². The fourth-order valence-electron chi connectivity index (χ4n) is 6.69. The van der Waals surface area contributed by atoms with Crippen LogP contribution in [-0.4, -0.2) is 53.8 Å². The molecule has 3 fully saturated rings. The smallest absolute Gasteiger partial charge is 0.416 e. The highest BCUT2D eigenvalue weighted by atomic mass is 19.4. The van der Waals surface area contributed by atoms with Crippen LogP contribution < -0.4 is 4.74 Å². The van der Waals surface area contributed by atoms with Crippen LogP contribution in [0.4, 0.5) is 22.0 Å². The summed E-state index contributed by atoms with van der Waals surface area (Å²) >= 11 is 0. The number of amides is 1. The van der Waals surface area contributed by atoms with E-state index in [1.54, 1.807) is 6.92 Å². The van der Waals surface area contributed by atoms with Crippen molar-refractivity contribution < 1.29 is 36.2 Å². The fourth-order valence-corrected chi connectivity index (χ4v) is 6.69. The second-order valence-corrected chi connectivity index (χ2v) is 11.7. The van der Waals surface area contributed by atoms with Crippen LogP contribution in [-0.2, 0) is 22.3 Å². The van der Waals surface area contributed by atoms with Gasteiger partial charge in [-0.2, -0.15) is 13.2 Å². The third-order valence-corrected chi connectivity index (χ3v) is 9.14. The molecule has 5 nitrogen and oxygen atoms in total. The molecule has 2 aromatic rings. The first-order valence-corrected chi connectivity index (χ1v) is 14.0. The van der Waals surface area contributed by atoms with Crippen LogP contribution in [0.25, 0.3) is 0 Å². The molecule has 1 aliphatic carbocycles. The van der Waals surface area contributed by atoms with Gasteiger partial charge in [-0.3, -0.25) is 9.69 Å². The summed E-state index contributed by atoms with van der Waals surface area (Å²) in [6.07, 6.45) is 0.253. The second-order valence-electron chi connectivity index (χ2n) is 11.7. The molecule has 2 atom stereocenters. The van der Waals surface area contributed by atoms with Crippen molar-refractivity contribution >= 4 is 5.91 Å². The normalized spacial score (nSPS) is 26.4. The molecule has 3 heterocycles. The van der Waals surface area contributed by atoms with E-state index in [0.717, 1.165) is 51.3 Å². The Morgan fingerprint density at radius 2 is 1.75 bits per heavy atom. The summed E-state index contributed by atoms with van der Waals surface area (Å²) in [6.45, 7) is 3.58. The Balaban J connectivity index is 1.10. The standard InChI is InChI=1S/C30H33F5N2O3/c1-18-12-20(2-5-25(18)31)19-7-10-36(11-8-19)24-6-9-29(40-16-24,22-3-4-22)28(38)37-15-21-13-23(30(33,34)35)14-26(32)27(21)39-17-37/h2,5,12-14,19,22,24H,3-4,6-11,15-17H2,1H3/t24-,29+/m1/s1. The second kappa shape index (κ2) is 10.3. The summed E-state index contributed by atoms with van der Waals surface area (Å²) in [4.78, 5) is 17.6. The summed E-state index contributed by atoms with van der Waals surface area (Å²) < 4.78 is 79.7. The largest absolute Gasteiger partial charge is 0.470 e. The maximum Gasteiger partial charge on any atom is 0.416 e. The molecule has 0 spiro atoms. The number of hydrogen-bond donors (Lipinski definition) is 0. The molecule has 216 valence electrons. The number of ether oxygens (including phenoxy) is 2. The molecule has 0 unspecified atom stereocenters. The maximum absolute atomic E-state index is 14.4. The summed E-state index contributed by atoms with van der Waals surface area (Å²) in [6, 6.07) is 6.82. The molecule has 3 aliphatic heterocycles. The number of aryl methyl sites for hydroxylation is 1. The number of rotatable bonds is 4. The van der Waals surface area contributed by atoms with Gasteiger partial charge in [0, 0.05) is 11.6 Å². The average Bonchev–Trinajstić information content (AvgIpc) is 3.80. The molecule has 40 heavy (non-hydrogen) atoms. The quantitative estimate of drug-likeness (QED) is 0.416. The minimum absolute atomic E-state index is 0.00535. The number of alkyl halides is 3. The van der Waals surface area contributed by atoms with Gasteiger partial charge in [-0.15, -0.1) is 0 Å². The van der Waals surface area contributed by atoms with Gasteiger partial charge in [0.1, 0.15) is 11.4 Å². The Morgan fingerprint density at radius 3 is 2.38 bits per heavy atom. The van der Waals surface area contributed by atoms with Crippen molar-refractivity contribution in [3.63, 3.8) is 0 Å². The van der Waals surface area contributed by atoms with Crippen molar-refractivity contribution in [3.8, 4) is 5.75 Å². The SMILES string of the molecule is Cc1cc(C2CCN([C@@H]3CC[C@@](C(=O)N4COc5c(F)cc(C(F)(F)F)cc5C4)(C4CC4)OC3)CC2)ccc1F. The van der Waals surface area contributed by atoms with E-state index in [9.17, 15) is 26.7 Å². The molecule has 4 aliphatic rings. The Bertz CT molecular complexity index is 1280. The Hall–Kier alpha value is -2.72. The van der Waals surface area contributed by atoms with Crippen LogP contribution in [0.1, 0.15) is 66.7 Å². The Morgan fingerprint density at radius 1 is 1.00 bits per heavy atom. The number of fused-ring (bicyclic) bond motifs is 1. The molecule has 0 bridgehead atoms. The Labute approximate surface area is 230 Å². The van der Waals surface area contributed by atoms with Crippen molar-refractivity contribution in [2.45, 2.75) is 75.7 Å². The predicted octanol–water partition coefficient (Wildman–Crippen LogP) is 6.18. The van der Waals surface area contributed by atoms with E-state index in [2.05, 4.69) is 4.90 Å². The van der Waals surface area contributed by atoms with Gasteiger partial charge in [0.05, 0.1) is 18.7 Å². The van der Waals surface area contributed by atoms with E-state index in [0.29, 0.717) is 30.6 Å². The van der Waals surface area contributed by atoms with Crippen LogP contribution in [0.15, 0.2) is 30.3 Å². The minimum atomic E-state index is -4.70. The van der Waals surface area contributed by atoms with E-state index in [-0.39, 0.29) is 48.3 Å². The van der Waals surface area contributed by atoms with Crippen molar-refractivity contribution in [2.75, 3.05) is 26.4 Å². The third-order valence-electron chi connectivity index (χ3n) is 9.14. The van der Waals surface area contributed by atoms with Crippen molar-refractivity contribution in [1.29, 1.82) is 0 Å². The van der Waals surface area contributed by atoms with Crippen LogP contribution in [0.5, 0.6) is 5.75 Å². The summed E-state index contributed by atoms with van der Waals surface area (Å²) in [5.41, 5.74) is -0.291. The van der Waals surface area contributed by atoms with Gasteiger partial charge in [-0.25, -0.2) is 8.78 Å². The zero-order valence-corrected chi connectivity index (χ0v) is 22.4. The van der Waals surface area contributed by atoms with Crippen molar-refractivity contribution in [3.05, 3.63) is 64.2 Å². The van der Waals surface area contributed by atoms with Crippen molar-refractivity contribution in [2.24, 2.45) is 5.92 Å². The van der Waals surface area contributed by atoms with Gasteiger partial charge < -0.3 is 14.4 Å². The minimum Gasteiger partial charge on any atom is -0.470 e. The van der Waals surface area contributed by atoms with E-state index in [4.69, 9.17) is 9.47 Å². The highest BCUT2D eigenvalue weighted by Gasteiger charge is 2.56. The van der Waals surface area contributed by atoms with Gasteiger partial charge in [-0.1, -0.05) is 12.1 Å². The topological polar surface area (TPSA) is 42.0 Å². The number of likely N-dealkylation sites (tertiary alicyclic amines) is 1. The number of halogens is 5. The average molecular weight is 565 g/mol. The maximum atomic E-state index is 14.4. The predicted molar refractivity (Wildman–Crippen MR) is 137 cm³/mol. The van der Waals surface area contributed by atoms with Gasteiger partial charge in [-0.05, 0) is 99.7 Å². The lowest BCUT2D eigenvalue weighted by molar-refractivity contribution is -0.180. The first kappa shape index (κ1) is 27.4. The number of carbonyl (C=O) groups excluding carboxylic acids is 1. The lowest BCUT2D eigenvalue weighted by Gasteiger charge is -2.46. The van der Waals surface area contributed by atoms with Crippen LogP contribution in [0.2, 0.25) is 0 Å². The van der Waals surface area contributed by atoms with Crippen molar-refractivity contribution in [1.82, 2.24) is 9.80 Å². The first-order chi connectivity index (χ1) is 19.0. The zero-order valence-electron chi connectivity index (χ0n) is 22.4. The molecule has 0 radical (unpaired) electrons. The highest BCUT2D eigenvalue weighted by Crippen LogP contribution is 2.49.